The zero-order chi connectivity index (χ0) is 14.7. The third kappa shape index (κ3) is 4.62. The monoisotopic (exact) mass is 285 g/mol. The smallest absolute Gasteiger partial charge is 0.241 e. The maximum absolute atomic E-state index is 12.1. The van der Waals surface area contributed by atoms with Crippen LogP contribution in [-0.4, -0.2) is 19.9 Å². The Balaban J connectivity index is 2.94. The number of benzene rings is 1. The van der Waals surface area contributed by atoms with Gasteiger partial charge in [0.15, 0.2) is 0 Å². The molecule has 1 aromatic rings. The first-order valence-corrected chi connectivity index (χ1v) is 7.26. The SMILES string of the molecule is CC(C)(CC(N)=O)NS(=O)(=O)c1ccc(CN)cc1. The van der Waals surface area contributed by atoms with Crippen LogP contribution in [-0.2, 0) is 21.4 Å². The molecule has 0 atom stereocenters. The molecular formula is C12H19N3O3S. The summed E-state index contributed by atoms with van der Waals surface area (Å²) in [7, 11) is -3.69. The molecule has 0 fully saturated rings. The Bertz CT molecular complexity index is 550. The van der Waals surface area contributed by atoms with Gasteiger partial charge >= 0.3 is 0 Å². The average Bonchev–Trinajstić information content (AvgIpc) is 2.25. The van der Waals surface area contributed by atoms with Gasteiger partial charge in [-0.1, -0.05) is 12.1 Å². The van der Waals surface area contributed by atoms with E-state index in [4.69, 9.17) is 11.5 Å². The molecule has 0 saturated heterocycles. The molecule has 19 heavy (non-hydrogen) atoms. The summed E-state index contributed by atoms with van der Waals surface area (Å²) >= 11 is 0. The molecule has 1 rings (SSSR count). The molecule has 0 unspecified atom stereocenters. The lowest BCUT2D eigenvalue weighted by Gasteiger charge is -2.24. The van der Waals surface area contributed by atoms with Crippen molar-refractivity contribution >= 4 is 15.9 Å². The van der Waals surface area contributed by atoms with Crippen molar-refractivity contribution in [2.75, 3.05) is 0 Å². The van der Waals surface area contributed by atoms with Gasteiger partial charge in [0.2, 0.25) is 15.9 Å². The number of nitrogens with two attached hydrogens (primary N) is 2. The molecule has 0 aliphatic rings. The molecule has 6 nitrogen and oxygen atoms in total. The number of hydrogen-bond acceptors (Lipinski definition) is 4. The summed E-state index contributed by atoms with van der Waals surface area (Å²) in [6.45, 7) is 3.55. The highest BCUT2D eigenvalue weighted by Crippen LogP contribution is 2.16. The van der Waals surface area contributed by atoms with E-state index in [1.807, 2.05) is 0 Å². The van der Waals surface area contributed by atoms with E-state index in [9.17, 15) is 13.2 Å². The zero-order valence-corrected chi connectivity index (χ0v) is 11.8. The lowest BCUT2D eigenvalue weighted by atomic mass is 10.0. The first-order valence-electron chi connectivity index (χ1n) is 5.77. The Morgan fingerprint density at radius 1 is 1.26 bits per heavy atom. The van der Waals surface area contributed by atoms with Gasteiger partial charge in [0.1, 0.15) is 0 Å². The number of nitrogens with one attached hydrogen (secondary N) is 1. The minimum absolute atomic E-state index is 0.0763. The highest BCUT2D eigenvalue weighted by atomic mass is 32.2. The van der Waals surface area contributed by atoms with E-state index in [1.165, 1.54) is 12.1 Å². The standard InChI is InChI=1S/C12H19N3O3S/c1-12(2,7-11(14)16)15-19(17,18)10-5-3-9(8-13)4-6-10/h3-6,15H,7-8,13H2,1-2H3,(H2,14,16). The quantitative estimate of drug-likeness (QED) is 0.686. The number of primary amides is 1. The molecule has 0 radical (unpaired) electrons. The molecule has 0 heterocycles. The molecule has 0 saturated carbocycles. The zero-order valence-electron chi connectivity index (χ0n) is 11.0. The van der Waals surface area contributed by atoms with Gasteiger partial charge < -0.3 is 11.5 Å². The maximum Gasteiger partial charge on any atom is 0.241 e. The van der Waals surface area contributed by atoms with Crippen LogP contribution in [0.3, 0.4) is 0 Å². The third-order valence-corrected chi connectivity index (χ3v) is 4.21. The summed E-state index contributed by atoms with van der Waals surface area (Å²) < 4.78 is 26.7. The van der Waals surface area contributed by atoms with Crippen LogP contribution in [0.1, 0.15) is 25.8 Å². The molecular weight excluding hydrogens is 266 g/mol. The normalized spacial score (nSPS) is 12.4. The molecule has 0 aromatic heterocycles. The largest absolute Gasteiger partial charge is 0.370 e. The van der Waals surface area contributed by atoms with Crippen molar-refractivity contribution in [1.29, 1.82) is 0 Å². The Kier molecular flexibility index (Phi) is 4.67. The summed E-state index contributed by atoms with van der Waals surface area (Å²) in [5, 5.41) is 0. The van der Waals surface area contributed by atoms with E-state index < -0.39 is 21.5 Å². The Labute approximate surface area is 113 Å². The van der Waals surface area contributed by atoms with E-state index >= 15 is 0 Å². The first-order chi connectivity index (χ1) is 8.66. The first kappa shape index (κ1) is 15.6. The molecule has 0 spiro atoms. The van der Waals surface area contributed by atoms with Gasteiger partial charge in [-0.15, -0.1) is 0 Å². The van der Waals surface area contributed by atoms with Crippen LogP contribution in [0, 0.1) is 0 Å². The number of sulfonamides is 1. The predicted octanol–water partition coefficient (Wildman–Crippen LogP) is 0.0776. The van der Waals surface area contributed by atoms with Crippen molar-refractivity contribution in [3.8, 4) is 0 Å². The van der Waals surface area contributed by atoms with Crippen LogP contribution in [0.4, 0.5) is 0 Å². The van der Waals surface area contributed by atoms with Crippen LogP contribution in [0.25, 0.3) is 0 Å². The fourth-order valence-electron chi connectivity index (χ4n) is 1.70. The topological polar surface area (TPSA) is 115 Å². The van der Waals surface area contributed by atoms with Crippen LogP contribution in [0.15, 0.2) is 29.2 Å². The van der Waals surface area contributed by atoms with Gasteiger partial charge in [-0.25, -0.2) is 13.1 Å². The van der Waals surface area contributed by atoms with Gasteiger partial charge in [0, 0.05) is 18.5 Å². The lowest BCUT2D eigenvalue weighted by Crippen LogP contribution is -2.45. The summed E-state index contributed by atoms with van der Waals surface area (Å²) in [5.41, 5.74) is 10.4. The molecule has 106 valence electrons. The van der Waals surface area contributed by atoms with Gasteiger partial charge in [-0.05, 0) is 31.5 Å². The van der Waals surface area contributed by atoms with Gasteiger partial charge in [0.05, 0.1) is 4.90 Å². The van der Waals surface area contributed by atoms with E-state index in [2.05, 4.69) is 4.72 Å². The van der Waals surface area contributed by atoms with E-state index in [0.717, 1.165) is 5.56 Å². The number of amides is 1. The summed E-state index contributed by atoms with van der Waals surface area (Å²) in [5.74, 6) is -0.564. The third-order valence-electron chi connectivity index (χ3n) is 2.50. The van der Waals surface area contributed by atoms with Crippen molar-refractivity contribution < 1.29 is 13.2 Å². The average molecular weight is 285 g/mol. The minimum atomic E-state index is -3.69. The Hall–Kier alpha value is -1.44. The molecule has 0 bridgehead atoms. The number of rotatable bonds is 6. The molecule has 5 N–H and O–H groups in total. The molecule has 0 aliphatic carbocycles. The number of carbonyl (C=O) groups is 1. The molecule has 1 amide bonds. The lowest BCUT2D eigenvalue weighted by molar-refractivity contribution is -0.119. The molecule has 0 aliphatic heterocycles. The van der Waals surface area contributed by atoms with E-state index in [1.54, 1.807) is 26.0 Å². The molecule has 1 aromatic carbocycles. The van der Waals surface area contributed by atoms with Crippen LogP contribution >= 0.6 is 0 Å². The highest BCUT2D eigenvalue weighted by Gasteiger charge is 2.27. The van der Waals surface area contributed by atoms with Crippen LogP contribution < -0.4 is 16.2 Å². The fourth-order valence-corrected chi connectivity index (χ4v) is 3.11. The summed E-state index contributed by atoms with van der Waals surface area (Å²) in [4.78, 5) is 11.0. The number of hydrogen-bond donors (Lipinski definition) is 3. The second kappa shape index (κ2) is 5.68. The van der Waals surface area contributed by atoms with E-state index in [-0.39, 0.29) is 11.3 Å². The van der Waals surface area contributed by atoms with Crippen molar-refractivity contribution in [3.05, 3.63) is 29.8 Å². The summed E-state index contributed by atoms with van der Waals surface area (Å²) in [6, 6.07) is 6.25. The van der Waals surface area contributed by atoms with Crippen molar-refractivity contribution in [1.82, 2.24) is 4.72 Å². The minimum Gasteiger partial charge on any atom is -0.370 e. The Morgan fingerprint density at radius 3 is 2.21 bits per heavy atom. The van der Waals surface area contributed by atoms with Crippen molar-refractivity contribution in [2.45, 2.75) is 37.2 Å². The summed E-state index contributed by atoms with van der Waals surface area (Å²) in [6.07, 6.45) is -0.0763. The van der Waals surface area contributed by atoms with Gasteiger partial charge in [0.25, 0.3) is 0 Å². The molecule has 7 heteroatoms. The van der Waals surface area contributed by atoms with Crippen LogP contribution in [0.5, 0.6) is 0 Å². The number of carbonyl (C=O) groups excluding carboxylic acids is 1. The van der Waals surface area contributed by atoms with Crippen LogP contribution in [0.2, 0.25) is 0 Å². The second-order valence-corrected chi connectivity index (χ2v) is 6.66. The Morgan fingerprint density at radius 2 is 1.79 bits per heavy atom. The highest BCUT2D eigenvalue weighted by molar-refractivity contribution is 7.89. The second-order valence-electron chi connectivity index (χ2n) is 4.98. The van der Waals surface area contributed by atoms with Gasteiger partial charge in [-0.3, -0.25) is 4.79 Å². The van der Waals surface area contributed by atoms with Gasteiger partial charge in [-0.2, -0.15) is 0 Å². The van der Waals surface area contributed by atoms with Crippen molar-refractivity contribution in [3.63, 3.8) is 0 Å². The maximum atomic E-state index is 12.1. The fraction of sp³-hybridized carbons (Fsp3) is 0.417. The predicted molar refractivity (Wildman–Crippen MR) is 72.5 cm³/mol. The van der Waals surface area contributed by atoms with Crippen molar-refractivity contribution in [2.24, 2.45) is 11.5 Å². The van der Waals surface area contributed by atoms with E-state index in [0.29, 0.717) is 6.54 Å².